The molecule has 0 aliphatic heterocycles. The first-order valence-corrected chi connectivity index (χ1v) is 6.71. The van der Waals surface area contributed by atoms with E-state index in [-0.39, 0.29) is 36.6 Å². The lowest BCUT2D eigenvalue weighted by atomic mass is 10.1. The molecule has 0 fully saturated rings. The molecule has 0 unspecified atom stereocenters. The standard InChI is InChI=1S/C15H17FN2O3/c16-12-3-1-2-11(7-12)15(21)17-8-14(20)18-13-5-4-10(6-13)9-19/h1-5,7,10,13,19H,6,8-9H2,(H,17,21)(H,18,20)/t10-,13+/m0/s1. The zero-order chi connectivity index (χ0) is 15.2. The van der Waals surface area contributed by atoms with Gasteiger partial charge >= 0.3 is 0 Å². The first kappa shape index (κ1) is 15.2. The quantitative estimate of drug-likeness (QED) is 0.696. The summed E-state index contributed by atoms with van der Waals surface area (Å²) in [5.74, 6) is -1.26. The van der Waals surface area contributed by atoms with Gasteiger partial charge in [-0.15, -0.1) is 0 Å². The zero-order valence-corrected chi connectivity index (χ0v) is 11.4. The van der Waals surface area contributed by atoms with Crippen molar-refractivity contribution in [2.75, 3.05) is 13.2 Å². The van der Waals surface area contributed by atoms with E-state index >= 15 is 0 Å². The third kappa shape index (κ3) is 4.39. The lowest BCUT2D eigenvalue weighted by Crippen LogP contribution is -2.41. The fourth-order valence-electron chi connectivity index (χ4n) is 2.17. The Morgan fingerprint density at radius 1 is 1.33 bits per heavy atom. The van der Waals surface area contributed by atoms with Crippen LogP contribution < -0.4 is 10.6 Å². The number of benzene rings is 1. The summed E-state index contributed by atoms with van der Waals surface area (Å²) < 4.78 is 13.0. The predicted octanol–water partition coefficient (Wildman–Crippen LogP) is 0.609. The molecule has 0 spiro atoms. The molecule has 2 amide bonds. The number of carbonyl (C=O) groups is 2. The van der Waals surface area contributed by atoms with Crippen molar-refractivity contribution in [3.05, 3.63) is 47.8 Å². The summed E-state index contributed by atoms with van der Waals surface area (Å²) in [6.07, 6.45) is 4.34. The van der Waals surface area contributed by atoms with Crippen LogP contribution in [0.15, 0.2) is 36.4 Å². The van der Waals surface area contributed by atoms with Gasteiger partial charge in [0.25, 0.3) is 5.91 Å². The average molecular weight is 292 g/mol. The predicted molar refractivity (Wildman–Crippen MR) is 75.0 cm³/mol. The van der Waals surface area contributed by atoms with Gasteiger partial charge < -0.3 is 15.7 Å². The number of hydrogen-bond donors (Lipinski definition) is 3. The summed E-state index contributed by atoms with van der Waals surface area (Å²) in [6, 6.07) is 5.14. The van der Waals surface area contributed by atoms with Crippen molar-refractivity contribution in [3.63, 3.8) is 0 Å². The molecule has 5 nitrogen and oxygen atoms in total. The zero-order valence-electron chi connectivity index (χ0n) is 11.4. The Labute approximate surface area is 121 Å². The Bertz CT molecular complexity index is 560. The molecule has 1 aromatic rings. The molecular formula is C15H17FN2O3. The highest BCUT2D eigenvalue weighted by atomic mass is 19.1. The normalized spacial score (nSPS) is 20.3. The largest absolute Gasteiger partial charge is 0.396 e. The van der Waals surface area contributed by atoms with Crippen LogP contribution >= 0.6 is 0 Å². The molecule has 0 saturated heterocycles. The molecule has 1 aliphatic rings. The first-order chi connectivity index (χ1) is 10.1. The monoisotopic (exact) mass is 292 g/mol. The summed E-state index contributed by atoms with van der Waals surface area (Å²) in [4.78, 5) is 23.4. The van der Waals surface area contributed by atoms with Gasteiger partial charge in [0.1, 0.15) is 5.82 Å². The van der Waals surface area contributed by atoms with E-state index in [1.807, 2.05) is 12.2 Å². The smallest absolute Gasteiger partial charge is 0.251 e. The summed E-state index contributed by atoms with van der Waals surface area (Å²) in [6.45, 7) is -0.122. The van der Waals surface area contributed by atoms with Crippen molar-refractivity contribution in [1.29, 1.82) is 0 Å². The topological polar surface area (TPSA) is 78.4 Å². The molecule has 0 bridgehead atoms. The van der Waals surface area contributed by atoms with Crippen LogP contribution in [0.3, 0.4) is 0 Å². The summed E-state index contributed by atoms with van der Waals surface area (Å²) in [5, 5.41) is 14.2. The lowest BCUT2D eigenvalue weighted by molar-refractivity contribution is -0.120. The molecule has 0 radical (unpaired) electrons. The van der Waals surface area contributed by atoms with Crippen LogP contribution in [-0.2, 0) is 4.79 Å². The number of nitrogens with one attached hydrogen (secondary N) is 2. The molecule has 0 heterocycles. The molecular weight excluding hydrogens is 275 g/mol. The van der Waals surface area contributed by atoms with Crippen LogP contribution in [0, 0.1) is 11.7 Å². The highest BCUT2D eigenvalue weighted by Gasteiger charge is 2.19. The van der Waals surface area contributed by atoms with Crippen molar-refractivity contribution >= 4 is 11.8 Å². The van der Waals surface area contributed by atoms with Crippen molar-refractivity contribution in [2.24, 2.45) is 5.92 Å². The maximum absolute atomic E-state index is 13.0. The number of hydrogen-bond acceptors (Lipinski definition) is 3. The second kappa shape index (κ2) is 6.99. The molecule has 1 aliphatic carbocycles. The molecule has 2 rings (SSSR count). The molecule has 0 saturated carbocycles. The maximum Gasteiger partial charge on any atom is 0.251 e. The number of carbonyl (C=O) groups excluding carboxylic acids is 2. The van der Waals surface area contributed by atoms with E-state index in [9.17, 15) is 14.0 Å². The minimum atomic E-state index is -0.502. The van der Waals surface area contributed by atoms with E-state index in [4.69, 9.17) is 5.11 Å². The summed E-state index contributed by atoms with van der Waals surface area (Å²) in [5.41, 5.74) is 0.170. The maximum atomic E-state index is 13.0. The van der Waals surface area contributed by atoms with Crippen molar-refractivity contribution in [1.82, 2.24) is 10.6 Å². The van der Waals surface area contributed by atoms with Gasteiger partial charge in [0.15, 0.2) is 0 Å². The Kier molecular flexibility index (Phi) is 5.05. The Hall–Kier alpha value is -2.21. The molecule has 112 valence electrons. The van der Waals surface area contributed by atoms with Crippen LogP contribution in [0.5, 0.6) is 0 Å². The SMILES string of the molecule is O=C(CNC(=O)c1cccc(F)c1)N[C@@H]1C=C[C@H](CO)C1. The second-order valence-electron chi connectivity index (χ2n) is 4.93. The van der Waals surface area contributed by atoms with Gasteiger partial charge in [-0.3, -0.25) is 9.59 Å². The molecule has 6 heteroatoms. The average Bonchev–Trinajstić information content (AvgIpc) is 2.92. The number of halogens is 1. The number of rotatable bonds is 5. The van der Waals surface area contributed by atoms with Gasteiger partial charge in [-0.25, -0.2) is 4.39 Å². The number of aliphatic hydroxyl groups is 1. The number of amides is 2. The van der Waals surface area contributed by atoms with Crippen LogP contribution in [-0.4, -0.2) is 36.1 Å². The first-order valence-electron chi connectivity index (χ1n) is 6.71. The van der Waals surface area contributed by atoms with Gasteiger partial charge in [-0.05, 0) is 24.6 Å². The minimum absolute atomic E-state index is 0.0547. The second-order valence-corrected chi connectivity index (χ2v) is 4.93. The molecule has 0 aromatic heterocycles. The van der Waals surface area contributed by atoms with E-state index in [2.05, 4.69) is 10.6 Å². The van der Waals surface area contributed by atoms with Gasteiger partial charge in [0, 0.05) is 24.1 Å². The molecule has 21 heavy (non-hydrogen) atoms. The Balaban J connectivity index is 1.77. The van der Waals surface area contributed by atoms with Gasteiger partial charge in [-0.2, -0.15) is 0 Å². The van der Waals surface area contributed by atoms with E-state index in [1.165, 1.54) is 18.2 Å². The fourth-order valence-corrected chi connectivity index (χ4v) is 2.17. The highest BCUT2D eigenvalue weighted by molar-refractivity contribution is 5.96. The van der Waals surface area contributed by atoms with Gasteiger partial charge in [0.2, 0.25) is 5.91 Å². The van der Waals surface area contributed by atoms with E-state index < -0.39 is 11.7 Å². The van der Waals surface area contributed by atoms with Crippen molar-refractivity contribution in [2.45, 2.75) is 12.5 Å². The third-order valence-corrected chi connectivity index (χ3v) is 3.25. The van der Waals surface area contributed by atoms with E-state index in [1.54, 1.807) is 0 Å². The van der Waals surface area contributed by atoms with Crippen LogP contribution in [0.4, 0.5) is 4.39 Å². The Morgan fingerprint density at radius 2 is 2.14 bits per heavy atom. The van der Waals surface area contributed by atoms with Gasteiger partial charge in [0.05, 0.1) is 6.54 Å². The van der Waals surface area contributed by atoms with Crippen LogP contribution in [0.25, 0.3) is 0 Å². The van der Waals surface area contributed by atoms with Crippen LogP contribution in [0.2, 0.25) is 0 Å². The van der Waals surface area contributed by atoms with E-state index in [0.29, 0.717) is 6.42 Å². The molecule has 2 atom stereocenters. The van der Waals surface area contributed by atoms with Gasteiger partial charge in [-0.1, -0.05) is 18.2 Å². The van der Waals surface area contributed by atoms with Crippen LogP contribution in [0.1, 0.15) is 16.8 Å². The molecule has 3 N–H and O–H groups in total. The summed E-state index contributed by atoms with van der Waals surface area (Å²) >= 11 is 0. The third-order valence-electron chi connectivity index (χ3n) is 3.25. The molecule has 1 aromatic carbocycles. The van der Waals surface area contributed by atoms with E-state index in [0.717, 1.165) is 6.07 Å². The fraction of sp³-hybridized carbons (Fsp3) is 0.333. The number of aliphatic hydroxyl groups excluding tert-OH is 1. The van der Waals surface area contributed by atoms with Crippen molar-refractivity contribution < 1.29 is 19.1 Å². The highest BCUT2D eigenvalue weighted by Crippen LogP contribution is 2.16. The minimum Gasteiger partial charge on any atom is -0.396 e. The lowest BCUT2D eigenvalue weighted by Gasteiger charge is -2.13. The summed E-state index contributed by atoms with van der Waals surface area (Å²) in [7, 11) is 0. The van der Waals surface area contributed by atoms with Crippen molar-refractivity contribution in [3.8, 4) is 0 Å². The Morgan fingerprint density at radius 3 is 2.81 bits per heavy atom.